The molecule has 3 rings (SSSR count). The van der Waals surface area contributed by atoms with Crippen LogP contribution < -0.4 is 4.90 Å². The number of amides is 1. The zero-order chi connectivity index (χ0) is 18.6. The zero-order valence-electron chi connectivity index (χ0n) is 15.4. The van der Waals surface area contributed by atoms with Crippen molar-refractivity contribution in [1.82, 2.24) is 18.6 Å². The fourth-order valence-electron chi connectivity index (χ4n) is 3.53. The first kappa shape index (κ1) is 18.2. The summed E-state index contributed by atoms with van der Waals surface area (Å²) in [6.45, 7) is 4.72. The van der Waals surface area contributed by atoms with Crippen LogP contribution in [0.5, 0.6) is 0 Å². The van der Waals surface area contributed by atoms with Gasteiger partial charge in [-0.1, -0.05) is 6.92 Å². The number of aromatic nitrogens is 2. The minimum absolute atomic E-state index is 0.00941. The van der Waals surface area contributed by atoms with Crippen LogP contribution in [0.4, 0.5) is 5.82 Å². The Morgan fingerprint density at radius 1 is 1.24 bits per heavy atom. The molecule has 1 atom stereocenters. The highest BCUT2D eigenvalue weighted by molar-refractivity contribution is 7.86. The summed E-state index contributed by atoms with van der Waals surface area (Å²) in [5, 5.41) is 0. The molecular weight excluding hydrogens is 342 g/mol. The molecule has 1 aromatic heterocycles. The van der Waals surface area contributed by atoms with Crippen molar-refractivity contribution >= 4 is 21.9 Å². The summed E-state index contributed by atoms with van der Waals surface area (Å²) < 4.78 is 27.8. The minimum Gasteiger partial charge on any atom is -0.299 e. The zero-order valence-corrected chi connectivity index (χ0v) is 16.2. The van der Waals surface area contributed by atoms with Crippen molar-refractivity contribution in [1.29, 1.82) is 0 Å². The first-order valence-electron chi connectivity index (χ1n) is 8.38. The van der Waals surface area contributed by atoms with E-state index >= 15 is 0 Å². The molecule has 0 unspecified atom stereocenters. The van der Waals surface area contributed by atoms with Crippen LogP contribution in [0.2, 0.25) is 0 Å². The summed E-state index contributed by atoms with van der Waals surface area (Å²) in [5.74, 6) is 1.28. The second-order valence-electron chi connectivity index (χ2n) is 7.35. The Bertz CT molecular complexity index is 823. The number of hydrogen-bond acceptors (Lipinski definition) is 5. The molecular formula is C16H25N5O3S. The van der Waals surface area contributed by atoms with Crippen LogP contribution in [0.25, 0.3) is 0 Å². The molecule has 0 radical (unpaired) electrons. The van der Waals surface area contributed by atoms with Crippen LogP contribution in [0.3, 0.4) is 0 Å². The van der Waals surface area contributed by atoms with Crippen molar-refractivity contribution in [2.24, 2.45) is 0 Å². The number of rotatable bonds is 3. The highest BCUT2D eigenvalue weighted by Gasteiger charge is 2.41. The van der Waals surface area contributed by atoms with Gasteiger partial charge < -0.3 is 0 Å². The lowest BCUT2D eigenvalue weighted by molar-refractivity contribution is -0.117. The Hall–Kier alpha value is -1.58. The normalized spacial score (nSPS) is 24.9. The number of carbonyl (C=O) groups excluding carboxylic acids is 1. The highest BCUT2D eigenvalue weighted by Crippen LogP contribution is 2.36. The largest absolute Gasteiger partial charge is 0.299 e. The number of piperidine rings is 1. The third kappa shape index (κ3) is 2.94. The van der Waals surface area contributed by atoms with Gasteiger partial charge in [0.15, 0.2) is 0 Å². The number of fused-ring (bicyclic) bond motifs is 1. The number of hydrogen-bond donors (Lipinski definition) is 0. The molecule has 0 bridgehead atoms. The maximum absolute atomic E-state index is 12.5. The van der Waals surface area contributed by atoms with Crippen LogP contribution in [-0.4, -0.2) is 67.1 Å². The van der Waals surface area contributed by atoms with Crippen molar-refractivity contribution in [2.45, 2.75) is 38.5 Å². The summed E-state index contributed by atoms with van der Waals surface area (Å²) in [4.78, 5) is 22.8. The summed E-state index contributed by atoms with van der Waals surface area (Å²) in [6, 6.07) is 0. The summed E-state index contributed by atoms with van der Waals surface area (Å²) >= 11 is 0. The summed E-state index contributed by atoms with van der Waals surface area (Å²) in [5.41, 5.74) is 1.19. The SMILES string of the molecule is Cc1nc([C@@]2(C)CCCN(S(=O)(=O)N(C)C)C2)nc2c1CC(=O)N2C. The van der Waals surface area contributed by atoms with E-state index in [2.05, 4.69) is 9.97 Å². The fourth-order valence-corrected chi connectivity index (χ4v) is 4.80. The number of carbonyl (C=O) groups is 1. The quantitative estimate of drug-likeness (QED) is 0.775. The van der Waals surface area contributed by atoms with Crippen LogP contribution in [-0.2, 0) is 26.8 Å². The summed E-state index contributed by atoms with van der Waals surface area (Å²) in [7, 11) is 1.32. The molecule has 2 aliphatic heterocycles. The van der Waals surface area contributed by atoms with Crippen LogP contribution in [0.1, 0.15) is 36.8 Å². The molecule has 8 nitrogen and oxygen atoms in total. The van der Waals surface area contributed by atoms with Gasteiger partial charge in [0.05, 0.1) is 6.42 Å². The molecule has 0 N–H and O–H groups in total. The van der Waals surface area contributed by atoms with E-state index in [9.17, 15) is 13.2 Å². The number of nitrogens with zero attached hydrogens (tertiary/aromatic N) is 5. The van der Waals surface area contributed by atoms with Crippen molar-refractivity contribution in [2.75, 3.05) is 39.1 Å². The van der Waals surface area contributed by atoms with E-state index in [0.717, 1.165) is 24.1 Å². The number of anilines is 1. The molecule has 138 valence electrons. The maximum Gasteiger partial charge on any atom is 0.281 e. The number of likely N-dealkylation sites (N-methyl/N-ethyl adjacent to an activating group) is 1. The van der Waals surface area contributed by atoms with Gasteiger partial charge in [-0.05, 0) is 19.8 Å². The van der Waals surface area contributed by atoms with Crippen molar-refractivity contribution in [3.8, 4) is 0 Å². The average molecular weight is 367 g/mol. The van der Waals surface area contributed by atoms with Crippen LogP contribution in [0.15, 0.2) is 0 Å². The van der Waals surface area contributed by atoms with Gasteiger partial charge in [0.2, 0.25) is 5.91 Å². The molecule has 9 heteroatoms. The molecule has 1 fully saturated rings. The van der Waals surface area contributed by atoms with Crippen molar-refractivity contribution < 1.29 is 13.2 Å². The standard InChI is InChI=1S/C16H25N5O3S/c1-11-12-9-13(22)20(5)14(12)18-15(17-11)16(2)7-6-8-21(10-16)25(23,24)19(3)4/h6-10H2,1-5H3/t16-/m0/s1. The molecule has 1 amide bonds. The Labute approximate surface area is 149 Å². The van der Waals surface area contributed by atoms with Crippen molar-refractivity contribution in [3.63, 3.8) is 0 Å². The molecule has 0 aliphatic carbocycles. The molecule has 1 aromatic rings. The molecule has 0 aromatic carbocycles. The summed E-state index contributed by atoms with van der Waals surface area (Å²) in [6.07, 6.45) is 1.88. The van der Waals surface area contributed by atoms with Crippen LogP contribution >= 0.6 is 0 Å². The predicted octanol–water partition coefficient (Wildman–Crippen LogP) is 0.464. The second-order valence-corrected chi connectivity index (χ2v) is 9.49. The number of aryl methyl sites for hydroxylation is 1. The molecule has 25 heavy (non-hydrogen) atoms. The van der Waals surface area contributed by atoms with Gasteiger partial charge >= 0.3 is 0 Å². The monoisotopic (exact) mass is 367 g/mol. The first-order chi connectivity index (χ1) is 11.6. The molecule has 1 saturated heterocycles. The van der Waals surface area contributed by atoms with E-state index in [-0.39, 0.29) is 5.91 Å². The smallest absolute Gasteiger partial charge is 0.281 e. The van der Waals surface area contributed by atoms with Gasteiger partial charge in [0, 0.05) is 50.9 Å². The van der Waals surface area contributed by atoms with Gasteiger partial charge in [-0.25, -0.2) is 9.97 Å². The van der Waals surface area contributed by atoms with Gasteiger partial charge in [-0.3, -0.25) is 9.69 Å². The lowest BCUT2D eigenvalue weighted by atomic mass is 9.81. The third-order valence-corrected chi connectivity index (χ3v) is 7.09. The van der Waals surface area contributed by atoms with E-state index in [4.69, 9.17) is 0 Å². The van der Waals surface area contributed by atoms with Gasteiger partial charge in [0.25, 0.3) is 10.2 Å². The topological polar surface area (TPSA) is 86.7 Å². The van der Waals surface area contributed by atoms with E-state index < -0.39 is 15.6 Å². The van der Waals surface area contributed by atoms with Crippen LogP contribution in [0, 0.1) is 6.92 Å². The minimum atomic E-state index is -3.47. The van der Waals surface area contributed by atoms with E-state index in [1.807, 2.05) is 13.8 Å². The second kappa shape index (κ2) is 6.00. The Morgan fingerprint density at radius 3 is 2.56 bits per heavy atom. The van der Waals surface area contributed by atoms with Gasteiger partial charge in [-0.15, -0.1) is 0 Å². The van der Waals surface area contributed by atoms with E-state index in [1.54, 1.807) is 11.9 Å². The Kier molecular flexibility index (Phi) is 4.37. The fraction of sp³-hybridized carbons (Fsp3) is 0.688. The molecule has 3 heterocycles. The maximum atomic E-state index is 12.5. The van der Waals surface area contributed by atoms with Gasteiger partial charge in [0.1, 0.15) is 11.6 Å². The lowest BCUT2D eigenvalue weighted by Gasteiger charge is -2.39. The van der Waals surface area contributed by atoms with E-state index in [1.165, 1.54) is 22.7 Å². The third-order valence-electron chi connectivity index (χ3n) is 5.20. The predicted molar refractivity (Wildman–Crippen MR) is 94.6 cm³/mol. The molecule has 2 aliphatic rings. The Morgan fingerprint density at radius 2 is 1.92 bits per heavy atom. The Balaban J connectivity index is 1.99. The lowest BCUT2D eigenvalue weighted by Crippen LogP contribution is -2.51. The first-order valence-corrected chi connectivity index (χ1v) is 9.78. The average Bonchev–Trinajstić information content (AvgIpc) is 2.83. The van der Waals surface area contributed by atoms with Crippen molar-refractivity contribution in [3.05, 3.63) is 17.1 Å². The molecule has 0 saturated carbocycles. The molecule has 0 spiro atoms. The van der Waals surface area contributed by atoms with E-state index in [0.29, 0.717) is 31.2 Å². The highest BCUT2D eigenvalue weighted by atomic mass is 32.2. The van der Waals surface area contributed by atoms with Gasteiger partial charge in [-0.2, -0.15) is 17.0 Å².